The highest BCUT2D eigenvalue weighted by Crippen LogP contribution is 2.25. The molecule has 2 nitrogen and oxygen atoms in total. The molecule has 0 bridgehead atoms. The molecule has 0 N–H and O–H groups in total. The largest absolute Gasteiger partial charge is 0.417 e. The quantitative estimate of drug-likeness (QED) is 0.754. The Hall–Kier alpha value is -0.830. The summed E-state index contributed by atoms with van der Waals surface area (Å²) in [6, 6.07) is 5.61. The van der Waals surface area contributed by atoms with Crippen molar-refractivity contribution in [1.29, 1.82) is 0 Å². The number of carbonyl (C=O) groups is 1. The Bertz CT molecular complexity index is 310. The monoisotopic (exact) mass is 256 g/mol. The molecule has 1 aromatic carbocycles. The van der Waals surface area contributed by atoms with E-state index in [1.807, 2.05) is 12.1 Å². The summed E-state index contributed by atoms with van der Waals surface area (Å²) in [6.45, 7) is 2.14. The average Bonchev–Trinajstić information content (AvgIpc) is 2.25. The van der Waals surface area contributed by atoms with Crippen molar-refractivity contribution in [1.82, 2.24) is 0 Å². The molecule has 3 heteroatoms. The molecular formula is C11H13BrO2. The van der Waals surface area contributed by atoms with Gasteiger partial charge in [0, 0.05) is 0 Å². The lowest BCUT2D eigenvalue weighted by Crippen LogP contribution is -1.93. The number of carbonyl (C=O) groups excluding carboxylic acids is 1. The first-order valence-corrected chi connectivity index (χ1v) is 5.33. The molecule has 0 unspecified atom stereocenters. The first-order valence-electron chi connectivity index (χ1n) is 4.69. The zero-order chi connectivity index (χ0) is 10.4. The number of unbranched alkanes of at least 4 members (excludes halogenated alkanes) is 1. The zero-order valence-corrected chi connectivity index (χ0v) is 9.71. The summed E-state index contributed by atoms with van der Waals surface area (Å²) in [5, 5.41) is 0. The number of hydrogen-bond acceptors (Lipinski definition) is 2. The highest BCUT2D eigenvalue weighted by atomic mass is 79.9. The number of halogens is 1. The molecule has 0 radical (unpaired) electrons. The Balaban J connectivity index is 2.96. The topological polar surface area (TPSA) is 26.3 Å². The predicted octanol–water partition coefficient (Wildman–Crippen LogP) is 3.53. The van der Waals surface area contributed by atoms with Crippen LogP contribution in [0, 0.1) is 0 Å². The molecule has 0 heterocycles. The summed E-state index contributed by atoms with van der Waals surface area (Å²) < 4.78 is 5.05. The molecule has 0 saturated carbocycles. The maximum Gasteiger partial charge on any atom is 0.179 e. The lowest BCUT2D eigenvalue weighted by Gasteiger charge is -2.07. The van der Waals surface area contributed by atoms with Crippen LogP contribution in [0.2, 0.25) is 0 Å². The van der Waals surface area contributed by atoms with Gasteiger partial charge in [-0.15, -0.1) is 0 Å². The minimum Gasteiger partial charge on any atom is -0.417 e. The van der Waals surface area contributed by atoms with Gasteiger partial charge in [-0.25, -0.2) is 0 Å². The van der Waals surface area contributed by atoms with E-state index < -0.39 is 0 Å². The van der Waals surface area contributed by atoms with Gasteiger partial charge in [-0.3, -0.25) is 4.79 Å². The predicted molar refractivity (Wildman–Crippen MR) is 60.0 cm³/mol. The van der Waals surface area contributed by atoms with Crippen molar-refractivity contribution >= 4 is 22.5 Å². The van der Waals surface area contributed by atoms with Crippen LogP contribution < -0.4 is 3.83 Å². The molecule has 0 spiro atoms. The van der Waals surface area contributed by atoms with Gasteiger partial charge in [0.05, 0.1) is 5.56 Å². The first-order chi connectivity index (χ1) is 6.83. The third-order valence-electron chi connectivity index (χ3n) is 2.13. The van der Waals surface area contributed by atoms with Crippen molar-refractivity contribution in [3.63, 3.8) is 0 Å². The molecule has 0 aliphatic heterocycles. The molecule has 0 aromatic heterocycles. The summed E-state index contributed by atoms with van der Waals surface area (Å²) in [7, 11) is 0. The van der Waals surface area contributed by atoms with Gasteiger partial charge in [0.1, 0.15) is 5.75 Å². The van der Waals surface area contributed by atoms with Crippen LogP contribution in [0.15, 0.2) is 18.2 Å². The van der Waals surface area contributed by atoms with Gasteiger partial charge in [0.15, 0.2) is 22.5 Å². The standard InChI is InChI=1S/C11H13BrO2/c1-2-3-5-9-6-4-7-10(8-13)11(9)14-12/h4,6-8H,2-3,5H2,1H3. The lowest BCUT2D eigenvalue weighted by atomic mass is 10.0. The van der Waals surface area contributed by atoms with Gasteiger partial charge in [-0.1, -0.05) is 25.5 Å². The van der Waals surface area contributed by atoms with Gasteiger partial charge >= 0.3 is 0 Å². The van der Waals surface area contributed by atoms with E-state index in [1.165, 1.54) is 0 Å². The molecule has 0 aliphatic carbocycles. The number of hydrogen-bond donors (Lipinski definition) is 0. The molecular weight excluding hydrogens is 244 g/mol. The molecule has 14 heavy (non-hydrogen) atoms. The normalized spacial score (nSPS) is 9.86. The second-order valence-corrected chi connectivity index (χ2v) is 3.46. The van der Waals surface area contributed by atoms with E-state index in [1.54, 1.807) is 6.07 Å². The van der Waals surface area contributed by atoms with Crippen LogP contribution in [-0.4, -0.2) is 6.29 Å². The van der Waals surface area contributed by atoms with Crippen LogP contribution in [0.3, 0.4) is 0 Å². The molecule has 0 aliphatic rings. The van der Waals surface area contributed by atoms with Crippen molar-refractivity contribution in [2.24, 2.45) is 0 Å². The number of para-hydroxylation sites is 1. The molecule has 0 atom stereocenters. The third kappa shape index (κ3) is 2.58. The zero-order valence-electron chi connectivity index (χ0n) is 8.13. The van der Waals surface area contributed by atoms with Crippen molar-refractivity contribution in [2.75, 3.05) is 0 Å². The molecule has 0 amide bonds. The minimum atomic E-state index is 0.593. The highest BCUT2D eigenvalue weighted by molar-refractivity contribution is 9.06. The maximum absolute atomic E-state index is 10.7. The van der Waals surface area contributed by atoms with Crippen LogP contribution in [0.1, 0.15) is 35.7 Å². The van der Waals surface area contributed by atoms with Gasteiger partial charge < -0.3 is 3.83 Å². The van der Waals surface area contributed by atoms with E-state index in [0.717, 1.165) is 31.1 Å². The fourth-order valence-electron chi connectivity index (χ4n) is 1.36. The van der Waals surface area contributed by atoms with Crippen molar-refractivity contribution in [3.05, 3.63) is 29.3 Å². The first kappa shape index (κ1) is 11.2. The van der Waals surface area contributed by atoms with Crippen LogP contribution >= 0.6 is 16.3 Å². The summed E-state index contributed by atoms with van der Waals surface area (Å²) in [5.74, 6) is 0.649. The van der Waals surface area contributed by atoms with Crippen LogP contribution in [0.5, 0.6) is 5.75 Å². The number of aryl methyl sites for hydroxylation is 1. The number of aldehydes is 1. The Morgan fingerprint density at radius 3 is 2.86 bits per heavy atom. The lowest BCUT2D eigenvalue weighted by molar-refractivity contribution is 0.112. The van der Waals surface area contributed by atoms with Crippen molar-refractivity contribution < 1.29 is 8.62 Å². The summed E-state index contributed by atoms with van der Waals surface area (Å²) >= 11 is 2.93. The minimum absolute atomic E-state index is 0.593. The second kappa shape index (κ2) is 5.81. The summed E-state index contributed by atoms with van der Waals surface area (Å²) in [4.78, 5) is 10.7. The van der Waals surface area contributed by atoms with Crippen LogP contribution in [0.25, 0.3) is 0 Å². The smallest absolute Gasteiger partial charge is 0.179 e. The van der Waals surface area contributed by atoms with E-state index >= 15 is 0 Å². The van der Waals surface area contributed by atoms with Crippen molar-refractivity contribution in [3.8, 4) is 5.75 Å². The molecule has 1 rings (SSSR count). The van der Waals surface area contributed by atoms with Crippen LogP contribution in [-0.2, 0) is 6.42 Å². The van der Waals surface area contributed by atoms with Crippen molar-refractivity contribution in [2.45, 2.75) is 26.2 Å². The summed E-state index contributed by atoms with van der Waals surface area (Å²) in [6.07, 6.45) is 3.99. The highest BCUT2D eigenvalue weighted by Gasteiger charge is 2.07. The SMILES string of the molecule is CCCCc1cccc(C=O)c1OBr. The Labute approximate surface area is 92.7 Å². The Morgan fingerprint density at radius 1 is 1.50 bits per heavy atom. The van der Waals surface area contributed by atoms with E-state index in [9.17, 15) is 4.79 Å². The Kier molecular flexibility index (Phi) is 4.66. The van der Waals surface area contributed by atoms with Gasteiger partial charge in [-0.05, 0) is 24.5 Å². The van der Waals surface area contributed by atoms with Gasteiger partial charge in [-0.2, -0.15) is 0 Å². The number of benzene rings is 1. The van der Waals surface area contributed by atoms with E-state index in [2.05, 4.69) is 23.2 Å². The van der Waals surface area contributed by atoms with Gasteiger partial charge in [0.25, 0.3) is 0 Å². The van der Waals surface area contributed by atoms with Crippen LogP contribution in [0.4, 0.5) is 0 Å². The maximum atomic E-state index is 10.7. The Morgan fingerprint density at radius 2 is 2.29 bits per heavy atom. The molecule has 0 fully saturated rings. The number of rotatable bonds is 5. The van der Waals surface area contributed by atoms with Gasteiger partial charge in [0.2, 0.25) is 0 Å². The van der Waals surface area contributed by atoms with E-state index in [-0.39, 0.29) is 0 Å². The fraction of sp³-hybridized carbons (Fsp3) is 0.364. The third-order valence-corrected chi connectivity index (χ3v) is 2.45. The van der Waals surface area contributed by atoms with E-state index in [4.69, 9.17) is 3.83 Å². The summed E-state index contributed by atoms with van der Waals surface area (Å²) in [5.41, 5.74) is 1.67. The second-order valence-electron chi connectivity index (χ2n) is 3.13. The molecule has 0 saturated heterocycles. The molecule has 1 aromatic rings. The molecule has 76 valence electrons. The average molecular weight is 257 g/mol. The van der Waals surface area contributed by atoms with E-state index in [0.29, 0.717) is 11.3 Å². The fourth-order valence-corrected chi connectivity index (χ4v) is 1.75.